The third-order valence-corrected chi connectivity index (χ3v) is 9.43. The van der Waals surface area contributed by atoms with Crippen LogP contribution in [0.25, 0.3) is 0 Å². The van der Waals surface area contributed by atoms with Gasteiger partial charge in [0.1, 0.15) is 12.6 Å². The van der Waals surface area contributed by atoms with E-state index in [9.17, 15) is 18.0 Å². The standard InChI is InChI=1S/C34H35Cl2N3O4S/c1-24(2)37-34(41)32(20-26-12-6-4-7-13-26)38(22-27-14-10-11-17-30(27)36)33(40)23-39(31-21-28(35)19-18-25(31)3)44(42,43)29-15-8-5-9-16-29/h4-19,21,24,32H,20,22-23H2,1-3H3,(H,37,41)/t32-/m1/s1. The molecule has 0 spiro atoms. The molecule has 2 amide bonds. The molecule has 230 valence electrons. The zero-order chi connectivity index (χ0) is 31.9. The summed E-state index contributed by atoms with van der Waals surface area (Å²) in [6.45, 7) is 4.83. The van der Waals surface area contributed by atoms with Gasteiger partial charge in [0, 0.05) is 29.1 Å². The van der Waals surface area contributed by atoms with E-state index in [1.165, 1.54) is 23.1 Å². The van der Waals surface area contributed by atoms with E-state index in [2.05, 4.69) is 5.32 Å². The summed E-state index contributed by atoms with van der Waals surface area (Å²) >= 11 is 12.9. The van der Waals surface area contributed by atoms with Crippen LogP contribution in [0.2, 0.25) is 10.0 Å². The summed E-state index contributed by atoms with van der Waals surface area (Å²) in [4.78, 5) is 29.7. The molecular formula is C34H35Cl2N3O4S. The molecule has 4 rings (SSSR count). The van der Waals surface area contributed by atoms with Crippen molar-refractivity contribution in [1.29, 1.82) is 0 Å². The number of nitrogens with zero attached hydrogens (tertiary/aromatic N) is 2. The van der Waals surface area contributed by atoms with Gasteiger partial charge in [0.2, 0.25) is 11.8 Å². The first-order valence-electron chi connectivity index (χ1n) is 14.2. The Morgan fingerprint density at radius 3 is 2.09 bits per heavy atom. The number of anilines is 1. The van der Waals surface area contributed by atoms with Gasteiger partial charge in [-0.05, 0) is 67.8 Å². The largest absolute Gasteiger partial charge is 0.352 e. The van der Waals surface area contributed by atoms with Crippen molar-refractivity contribution in [3.05, 3.63) is 130 Å². The molecule has 0 radical (unpaired) electrons. The summed E-state index contributed by atoms with van der Waals surface area (Å²) in [5, 5.41) is 3.68. The minimum absolute atomic E-state index is 0.0169. The summed E-state index contributed by atoms with van der Waals surface area (Å²) in [7, 11) is -4.23. The molecule has 0 bridgehead atoms. The Balaban J connectivity index is 1.84. The van der Waals surface area contributed by atoms with Crippen molar-refractivity contribution in [1.82, 2.24) is 10.2 Å². The molecule has 0 saturated carbocycles. The maximum absolute atomic E-state index is 14.5. The first-order valence-corrected chi connectivity index (χ1v) is 16.4. The number of carbonyl (C=O) groups excluding carboxylic acids is 2. The minimum Gasteiger partial charge on any atom is -0.352 e. The van der Waals surface area contributed by atoms with Gasteiger partial charge >= 0.3 is 0 Å². The van der Waals surface area contributed by atoms with Crippen LogP contribution in [0, 0.1) is 6.92 Å². The second kappa shape index (κ2) is 14.8. The lowest BCUT2D eigenvalue weighted by atomic mass is 10.0. The first-order chi connectivity index (χ1) is 21.0. The maximum Gasteiger partial charge on any atom is 0.264 e. The fourth-order valence-corrected chi connectivity index (χ4v) is 6.68. The number of benzene rings is 4. The lowest BCUT2D eigenvalue weighted by molar-refractivity contribution is -0.140. The zero-order valence-corrected chi connectivity index (χ0v) is 27.1. The summed E-state index contributed by atoms with van der Waals surface area (Å²) in [6.07, 6.45) is 0.206. The van der Waals surface area contributed by atoms with Gasteiger partial charge in [-0.25, -0.2) is 8.42 Å². The molecule has 4 aromatic carbocycles. The van der Waals surface area contributed by atoms with E-state index in [1.54, 1.807) is 61.5 Å². The third-order valence-electron chi connectivity index (χ3n) is 7.05. The normalized spacial score (nSPS) is 12.0. The Kier molecular flexibility index (Phi) is 11.1. The molecule has 0 aliphatic rings. The maximum atomic E-state index is 14.5. The molecule has 44 heavy (non-hydrogen) atoms. The van der Waals surface area contributed by atoms with E-state index in [-0.39, 0.29) is 35.5 Å². The van der Waals surface area contributed by atoms with Gasteiger partial charge < -0.3 is 10.2 Å². The molecule has 0 unspecified atom stereocenters. The number of aryl methyl sites for hydroxylation is 1. The van der Waals surface area contributed by atoms with Crippen LogP contribution in [-0.4, -0.2) is 43.8 Å². The van der Waals surface area contributed by atoms with Gasteiger partial charge in [0.05, 0.1) is 10.6 Å². The van der Waals surface area contributed by atoms with Gasteiger partial charge in [0.25, 0.3) is 10.0 Å². The van der Waals surface area contributed by atoms with Crippen molar-refractivity contribution in [2.45, 2.75) is 50.7 Å². The number of amides is 2. The number of nitrogens with one attached hydrogen (secondary N) is 1. The predicted octanol–water partition coefficient (Wildman–Crippen LogP) is 6.66. The van der Waals surface area contributed by atoms with Crippen molar-refractivity contribution in [3.63, 3.8) is 0 Å². The monoisotopic (exact) mass is 651 g/mol. The van der Waals surface area contributed by atoms with Gasteiger partial charge in [0.15, 0.2) is 0 Å². The van der Waals surface area contributed by atoms with Crippen LogP contribution in [-0.2, 0) is 32.6 Å². The van der Waals surface area contributed by atoms with Gasteiger partial charge in [-0.1, -0.05) is 96.0 Å². The summed E-state index contributed by atoms with van der Waals surface area (Å²) < 4.78 is 29.3. The van der Waals surface area contributed by atoms with Gasteiger partial charge in [-0.2, -0.15) is 0 Å². The zero-order valence-electron chi connectivity index (χ0n) is 24.8. The number of carbonyl (C=O) groups is 2. The Hall–Kier alpha value is -3.85. The van der Waals surface area contributed by atoms with E-state index in [1.807, 2.05) is 44.2 Å². The molecule has 10 heteroatoms. The highest BCUT2D eigenvalue weighted by molar-refractivity contribution is 7.92. The Labute approximate surface area is 269 Å². The lowest BCUT2D eigenvalue weighted by Crippen LogP contribution is -2.54. The lowest BCUT2D eigenvalue weighted by Gasteiger charge is -2.34. The van der Waals surface area contributed by atoms with E-state index < -0.39 is 28.5 Å². The molecule has 0 saturated heterocycles. The quantitative estimate of drug-likeness (QED) is 0.186. The van der Waals surface area contributed by atoms with E-state index in [0.717, 1.165) is 9.87 Å². The summed E-state index contributed by atoms with van der Waals surface area (Å²) in [6, 6.07) is 28.1. The highest BCUT2D eigenvalue weighted by Gasteiger charge is 2.35. The number of rotatable bonds is 12. The van der Waals surface area contributed by atoms with Gasteiger partial charge in [-0.15, -0.1) is 0 Å². The van der Waals surface area contributed by atoms with Crippen LogP contribution < -0.4 is 9.62 Å². The number of hydrogen-bond acceptors (Lipinski definition) is 4. The first kappa shape index (κ1) is 33.1. The minimum atomic E-state index is -4.23. The predicted molar refractivity (Wildman–Crippen MR) is 176 cm³/mol. The van der Waals surface area contributed by atoms with Crippen molar-refractivity contribution >= 4 is 50.7 Å². The number of halogens is 2. The third kappa shape index (κ3) is 8.20. The molecule has 0 fully saturated rings. The van der Waals surface area contributed by atoms with Crippen molar-refractivity contribution < 1.29 is 18.0 Å². The molecule has 1 N–H and O–H groups in total. The molecule has 0 aromatic heterocycles. The fourth-order valence-electron chi connectivity index (χ4n) is 4.83. The average Bonchev–Trinajstić information content (AvgIpc) is 3.00. The van der Waals surface area contributed by atoms with Crippen molar-refractivity contribution in [3.8, 4) is 0 Å². The van der Waals surface area contributed by atoms with Crippen LogP contribution in [0.5, 0.6) is 0 Å². The number of hydrogen-bond donors (Lipinski definition) is 1. The fraction of sp³-hybridized carbons (Fsp3) is 0.235. The highest BCUT2D eigenvalue weighted by atomic mass is 35.5. The summed E-state index contributed by atoms with van der Waals surface area (Å²) in [5.74, 6) is -0.940. The number of sulfonamides is 1. The molecule has 0 aliphatic carbocycles. The molecule has 1 atom stereocenters. The Morgan fingerprint density at radius 1 is 0.841 bits per heavy atom. The van der Waals surface area contributed by atoms with Crippen LogP contribution in [0.3, 0.4) is 0 Å². The van der Waals surface area contributed by atoms with Crippen LogP contribution >= 0.6 is 23.2 Å². The molecule has 0 heterocycles. The topological polar surface area (TPSA) is 86.8 Å². The molecular weight excluding hydrogens is 617 g/mol. The van der Waals surface area contributed by atoms with Crippen LogP contribution in [0.4, 0.5) is 5.69 Å². The second-order valence-corrected chi connectivity index (χ2v) is 13.4. The Bertz CT molecular complexity index is 1700. The summed E-state index contributed by atoms with van der Waals surface area (Å²) in [5.41, 5.74) is 2.33. The second-order valence-electron chi connectivity index (χ2n) is 10.7. The van der Waals surface area contributed by atoms with E-state index in [0.29, 0.717) is 21.2 Å². The Morgan fingerprint density at radius 2 is 1.45 bits per heavy atom. The van der Waals surface area contributed by atoms with Crippen molar-refractivity contribution in [2.75, 3.05) is 10.8 Å². The average molecular weight is 653 g/mol. The highest BCUT2D eigenvalue weighted by Crippen LogP contribution is 2.30. The van der Waals surface area contributed by atoms with Crippen molar-refractivity contribution in [2.24, 2.45) is 0 Å². The van der Waals surface area contributed by atoms with Gasteiger partial charge in [-0.3, -0.25) is 13.9 Å². The molecule has 7 nitrogen and oxygen atoms in total. The van der Waals surface area contributed by atoms with E-state index in [4.69, 9.17) is 23.2 Å². The molecule has 0 aliphatic heterocycles. The van der Waals surface area contributed by atoms with E-state index >= 15 is 0 Å². The molecule has 4 aromatic rings. The van der Waals surface area contributed by atoms with Crippen LogP contribution in [0.15, 0.2) is 108 Å². The smallest absolute Gasteiger partial charge is 0.264 e. The van der Waals surface area contributed by atoms with Crippen LogP contribution in [0.1, 0.15) is 30.5 Å². The SMILES string of the molecule is Cc1ccc(Cl)cc1N(CC(=O)N(Cc1ccccc1Cl)[C@H](Cc1ccccc1)C(=O)NC(C)C)S(=O)(=O)c1ccccc1.